The number of hydrogen-bond donors (Lipinski definition) is 0. The van der Waals surface area contributed by atoms with Crippen LogP contribution in [-0.4, -0.2) is 31.9 Å². The number of halogens is 4. The Morgan fingerprint density at radius 2 is 1.16 bits per heavy atom. The minimum absolute atomic E-state index is 0.0755. The summed E-state index contributed by atoms with van der Waals surface area (Å²) in [6.07, 6.45) is -0.421. The number of hydrogen-bond acceptors (Lipinski definition) is 6. The van der Waals surface area contributed by atoms with Crippen LogP contribution >= 0.6 is 46.4 Å². The Morgan fingerprint density at radius 1 is 0.774 bits per heavy atom. The van der Waals surface area contributed by atoms with Gasteiger partial charge in [0, 0.05) is 22.2 Å². The van der Waals surface area contributed by atoms with Crippen molar-refractivity contribution in [3.63, 3.8) is 0 Å². The summed E-state index contributed by atoms with van der Waals surface area (Å²) >= 11 is 23.7. The molecular formula is C20H16Cl4O6S. The second-order valence-corrected chi connectivity index (χ2v) is 10.9. The number of rotatable bonds is 6. The molecule has 0 N–H and O–H groups in total. The van der Waals surface area contributed by atoms with Gasteiger partial charge in [0.15, 0.2) is 21.3 Å². The lowest BCUT2D eigenvalue weighted by Gasteiger charge is -2.17. The maximum atomic E-state index is 12.4. The molecule has 0 radical (unpaired) electrons. The Bertz CT molecular complexity index is 1040. The molecule has 0 unspecified atom stereocenters. The van der Waals surface area contributed by atoms with Crippen LogP contribution in [0.4, 0.5) is 0 Å². The molecule has 166 valence electrons. The van der Waals surface area contributed by atoms with Crippen molar-refractivity contribution in [3.05, 3.63) is 56.5 Å². The van der Waals surface area contributed by atoms with Gasteiger partial charge in [-0.15, -0.1) is 0 Å². The molecule has 0 bridgehead atoms. The van der Waals surface area contributed by atoms with Crippen LogP contribution in [0.2, 0.25) is 20.1 Å². The van der Waals surface area contributed by atoms with Gasteiger partial charge < -0.3 is 9.47 Å². The smallest absolute Gasteiger partial charge is 0.311 e. The third-order valence-corrected chi connectivity index (χ3v) is 7.66. The quantitative estimate of drug-likeness (QED) is 0.378. The van der Waals surface area contributed by atoms with Crippen LogP contribution in [0.15, 0.2) is 36.4 Å². The van der Waals surface area contributed by atoms with Crippen LogP contribution in [0, 0.1) is 11.8 Å². The molecule has 0 saturated carbocycles. The van der Waals surface area contributed by atoms with Crippen molar-refractivity contribution in [1.29, 1.82) is 0 Å². The fraction of sp³-hybridized carbons (Fsp3) is 0.300. The largest absolute Gasteiger partial charge is 0.425 e. The molecule has 0 aliphatic carbocycles. The van der Waals surface area contributed by atoms with Gasteiger partial charge in [-0.05, 0) is 36.1 Å². The number of carbonyl (C=O) groups excluding carboxylic acids is 2. The molecule has 2 aromatic carbocycles. The molecule has 1 heterocycles. The van der Waals surface area contributed by atoms with Crippen molar-refractivity contribution >= 4 is 68.2 Å². The van der Waals surface area contributed by atoms with Crippen molar-refractivity contribution in [3.8, 4) is 11.5 Å². The van der Waals surface area contributed by atoms with E-state index < -0.39 is 33.6 Å². The zero-order valence-electron chi connectivity index (χ0n) is 15.8. The van der Waals surface area contributed by atoms with Gasteiger partial charge in [0.05, 0.1) is 34.4 Å². The normalized spacial score (nSPS) is 19.7. The fourth-order valence-electron chi connectivity index (χ4n) is 3.31. The average molecular weight is 526 g/mol. The molecule has 11 heteroatoms. The zero-order valence-corrected chi connectivity index (χ0v) is 19.7. The van der Waals surface area contributed by atoms with E-state index in [-0.39, 0.29) is 45.9 Å². The average Bonchev–Trinajstić information content (AvgIpc) is 2.94. The summed E-state index contributed by atoms with van der Waals surface area (Å²) in [6, 6.07) is 8.81. The Hall–Kier alpha value is -1.51. The van der Waals surface area contributed by atoms with E-state index in [1.165, 1.54) is 24.3 Å². The second kappa shape index (κ2) is 9.96. The Labute approximate surface area is 199 Å². The molecule has 1 fully saturated rings. The van der Waals surface area contributed by atoms with Crippen LogP contribution < -0.4 is 9.47 Å². The van der Waals surface area contributed by atoms with E-state index in [0.717, 1.165) is 0 Å². The highest BCUT2D eigenvalue weighted by atomic mass is 35.5. The van der Waals surface area contributed by atoms with Crippen molar-refractivity contribution in [2.24, 2.45) is 11.8 Å². The minimum atomic E-state index is -3.42. The van der Waals surface area contributed by atoms with Crippen molar-refractivity contribution in [1.82, 2.24) is 0 Å². The third-order valence-electron chi connectivity index (χ3n) is 4.69. The monoisotopic (exact) mass is 524 g/mol. The van der Waals surface area contributed by atoms with Gasteiger partial charge in [-0.1, -0.05) is 46.4 Å². The summed E-state index contributed by atoms with van der Waals surface area (Å²) in [7, 11) is -3.42. The number of sulfone groups is 1. The van der Waals surface area contributed by atoms with Gasteiger partial charge in [-0.2, -0.15) is 0 Å². The maximum absolute atomic E-state index is 12.4. The van der Waals surface area contributed by atoms with E-state index in [4.69, 9.17) is 55.9 Å². The molecule has 1 aliphatic rings. The van der Waals surface area contributed by atoms with E-state index >= 15 is 0 Å². The summed E-state index contributed by atoms with van der Waals surface area (Å²) in [5.41, 5.74) is 0. The summed E-state index contributed by atoms with van der Waals surface area (Å²) in [6.45, 7) is 0. The number of carbonyl (C=O) groups is 2. The molecule has 2 aromatic rings. The Kier molecular flexibility index (Phi) is 7.76. The molecule has 2 atom stereocenters. The lowest BCUT2D eigenvalue weighted by Crippen LogP contribution is -2.23. The summed E-state index contributed by atoms with van der Waals surface area (Å²) in [5.74, 6) is -2.90. The molecular weight excluding hydrogens is 510 g/mol. The SMILES string of the molecule is O=C(C[C@@H]1CS(=O)(=O)C[C@@H]1CC(=O)Oc1cc(Cl)ccc1Cl)Oc1cc(Cl)ccc1Cl. The van der Waals surface area contributed by atoms with E-state index in [1.54, 1.807) is 12.1 Å². The van der Waals surface area contributed by atoms with Crippen molar-refractivity contribution in [2.75, 3.05) is 11.5 Å². The molecule has 0 spiro atoms. The van der Waals surface area contributed by atoms with E-state index in [1.807, 2.05) is 0 Å². The standard InChI is InChI=1S/C20H16Cl4O6S/c21-13-1-3-15(23)17(7-13)29-19(25)5-11-9-31(27,28)10-12(11)6-20(26)30-18-8-14(22)2-4-16(18)24/h1-4,7-8,11-12H,5-6,9-10H2/t11-,12+. The summed E-state index contributed by atoms with van der Waals surface area (Å²) < 4.78 is 34.8. The fourth-order valence-corrected chi connectivity index (χ4v) is 6.17. The molecule has 1 aliphatic heterocycles. The van der Waals surface area contributed by atoms with Gasteiger partial charge in [-0.3, -0.25) is 9.59 Å². The first kappa shape index (κ1) is 24.1. The van der Waals surface area contributed by atoms with Gasteiger partial charge >= 0.3 is 11.9 Å². The van der Waals surface area contributed by atoms with Crippen LogP contribution in [0.5, 0.6) is 11.5 Å². The molecule has 3 rings (SSSR count). The maximum Gasteiger partial charge on any atom is 0.311 e. The minimum Gasteiger partial charge on any atom is -0.425 e. The molecule has 6 nitrogen and oxygen atoms in total. The van der Waals surface area contributed by atoms with Crippen LogP contribution in [-0.2, 0) is 19.4 Å². The first-order chi connectivity index (χ1) is 14.5. The van der Waals surface area contributed by atoms with Crippen molar-refractivity contribution < 1.29 is 27.5 Å². The zero-order chi connectivity index (χ0) is 22.8. The topological polar surface area (TPSA) is 86.7 Å². The first-order valence-corrected chi connectivity index (χ1v) is 12.4. The number of benzene rings is 2. The highest BCUT2D eigenvalue weighted by Crippen LogP contribution is 2.34. The van der Waals surface area contributed by atoms with Gasteiger partial charge in [-0.25, -0.2) is 8.42 Å². The summed E-state index contributed by atoms with van der Waals surface area (Å²) in [5, 5.41) is 1.04. The van der Waals surface area contributed by atoms with Crippen LogP contribution in [0.3, 0.4) is 0 Å². The Balaban J connectivity index is 1.66. The van der Waals surface area contributed by atoms with E-state index in [2.05, 4.69) is 0 Å². The first-order valence-electron chi connectivity index (χ1n) is 9.04. The van der Waals surface area contributed by atoms with Gasteiger partial charge in [0.25, 0.3) is 0 Å². The van der Waals surface area contributed by atoms with Gasteiger partial charge in [0.2, 0.25) is 0 Å². The highest BCUT2D eigenvalue weighted by molar-refractivity contribution is 7.91. The third kappa shape index (κ3) is 6.73. The predicted molar refractivity (Wildman–Crippen MR) is 119 cm³/mol. The molecule has 0 amide bonds. The number of esters is 2. The molecule has 0 aromatic heterocycles. The lowest BCUT2D eigenvalue weighted by molar-refractivity contribution is -0.138. The van der Waals surface area contributed by atoms with E-state index in [0.29, 0.717) is 10.0 Å². The lowest BCUT2D eigenvalue weighted by atomic mass is 9.90. The Morgan fingerprint density at radius 3 is 1.55 bits per heavy atom. The second-order valence-electron chi connectivity index (χ2n) is 7.10. The number of ether oxygens (including phenoxy) is 2. The van der Waals surface area contributed by atoms with Crippen molar-refractivity contribution in [2.45, 2.75) is 12.8 Å². The highest BCUT2D eigenvalue weighted by Gasteiger charge is 2.40. The van der Waals surface area contributed by atoms with Crippen LogP contribution in [0.25, 0.3) is 0 Å². The molecule has 1 saturated heterocycles. The van der Waals surface area contributed by atoms with Gasteiger partial charge in [0.1, 0.15) is 0 Å². The van der Waals surface area contributed by atoms with Crippen LogP contribution in [0.1, 0.15) is 12.8 Å². The predicted octanol–water partition coefficient (Wildman–Crippen LogP) is 5.25. The van der Waals surface area contributed by atoms with E-state index in [9.17, 15) is 18.0 Å². The summed E-state index contributed by atoms with van der Waals surface area (Å²) in [4.78, 5) is 24.8. The molecule has 31 heavy (non-hydrogen) atoms.